The number of nitrogens with zero attached hydrogens (tertiary/aromatic N) is 1. The van der Waals surface area contributed by atoms with E-state index in [4.69, 9.17) is 9.47 Å². The number of rotatable bonds is 17. The number of amides is 2. The Bertz CT molecular complexity index is 1730. The monoisotopic (exact) mass is 703 g/mol. The molecule has 0 spiro atoms. The van der Waals surface area contributed by atoms with E-state index in [-0.39, 0.29) is 30.0 Å². The van der Waals surface area contributed by atoms with Crippen LogP contribution in [0.3, 0.4) is 0 Å². The van der Waals surface area contributed by atoms with Gasteiger partial charge in [0.15, 0.2) is 0 Å². The molecule has 0 radical (unpaired) electrons. The molecule has 3 rings (SSSR count). The summed E-state index contributed by atoms with van der Waals surface area (Å²) in [6.07, 6.45) is -2.33. The van der Waals surface area contributed by atoms with Gasteiger partial charge in [-0.3, -0.25) is 13.9 Å². The van der Waals surface area contributed by atoms with Crippen molar-refractivity contribution in [3.63, 3.8) is 0 Å². The summed E-state index contributed by atoms with van der Waals surface area (Å²) in [5.74, 6) is -0.959. The number of hydrogen-bond donors (Lipinski definition) is 3. The molecular formula is C35H40F3N3O7S. The quantitative estimate of drug-likeness (QED) is 0.166. The highest BCUT2D eigenvalue weighted by molar-refractivity contribution is 7.92. The van der Waals surface area contributed by atoms with Crippen LogP contribution in [0.25, 0.3) is 0 Å². The first kappa shape index (κ1) is 38.8. The number of benzene rings is 3. The number of nitrogens with one attached hydrogen (secondary N) is 2. The van der Waals surface area contributed by atoms with E-state index in [1.165, 1.54) is 20.2 Å². The van der Waals surface area contributed by atoms with E-state index in [1.807, 2.05) is 6.07 Å². The SMILES string of the molecule is C=CCc1cccc(OC[C@H](NC(=O)c2cc(CC=C)cc(N(C)S(C)(=O)=O)c2)[C@@H](O)C[C@@H](OC)C(=O)Nc2ccc(C(F)(F)F)cc2)c1. The van der Waals surface area contributed by atoms with Crippen molar-refractivity contribution in [2.45, 2.75) is 43.7 Å². The Balaban J connectivity index is 1.87. The molecule has 0 heterocycles. The summed E-state index contributed by atoms with van der Waals surface area (Å²) in [7, 11) is -1.08. The Morgan fingerprint density at radius 3 is 2.24 bits per heavy atom. The summed E-state index contributed by atoms with van der Waals surface area (Å²) >= 11 is 0. The van der Waals surface area contributed by atoms with E-state index in [0.717, 1.165) is 40.4 Å². The second-order valence-corrected chi connectivity index (χ2v) is 13.2. The molecule has 0 saturated heterocycles. The number of alkyl halides is 3. The van der Waals surface area contributed by atoms with Crippen LogP contribution in [0, 0.1) is 0 Å². The van der Waals surface area contributed by atoms with Crippen molar-refractivity contribution in [1.82, 2.24) is 5.32 Å². The maximum absolute atomic E-state index is 13.6. The number of allylic oxidation sites excluding steroid dienone is 2. The van der Waals surface area contributed by atoms with Crippen LogP contribution in [0.5, 0.6) is 5.75 Å². The first-order chi connectivity index (χ1) is 23.0. The third-order valence-electron chi connectivity index (χ3n) is 7.48. The molecule has 49 heavy (non-hydrogen) atoms. The van der Waals surface area contributed by atoms with Crippen LogP contribution in [0.4, 0.5) is 24.5 Å². The summed E-state index contributed by atoms with van der Waals surface area (Å²) in [4.78, 5) is 26.7. The van der Waals surface area contributed by atoms with Gasteiger partial charge in [-0.05, 0) is 78.6 Å². The molecule has 10 nitrogen and oxygen atoms in total. The van der Waals surface area contributed by atoms with E-state index in [9.17, 15) is 36.3 Å². The Hall–Kier alpha value is -4.66. The Kier molecular flexibility index (Phi) is 13.6. The molecule has 3 atom stereocenters. The first-order valence-electron chi connectivity index (χ1n) is 15.1. The molecule has 0 aliphatic heterocycles. The van der Waals surface area contributed by atoms with Crippen molar-refractivity contribution < 1.29 is 45.8 Å². The average molecular weight is 704 g/mol. The van der Waals surface area contributed by atoms with Crippen molar-refractivity contribution in [3.05, 3.63) is 114 Å². The molecule has 0 unspecified atom stereocenters. The summed E-state index contributed by atoms with van der Waals surface area (Å²) in [6, 6.07) is 14.4. The summed E-state index contributed by atoms with van der Waals surface area (Å²) in [6.45, 7) is 7.19. The van der Waals surface area contributed by atoms with Crippen molar-refractivity contribution >= 4 is 33.2 Å². The molecule has 0 aromatic heterocycles. The number of carbonyl (C=O) groups is 2. The molecule has 3 aromatic carbocycles. The maximum Gasteiger partial charge on any atom is 0.416 e. The van der Waals surface area contributed by atoms with Crippen molar-refractivity contribution in [1.29, 1.82) is 0 Å². The van der Waals surface area contributed by atoms with Gasteiger partial charge >= 0.3 is 6.18 Å². The minimum atomic E-state index is -4.55. The molecule has 3 aromatic rings. The second kappa shape index (κ2) is 17.1. The minimum Gasteiger partial charge on any atom is -0.491 e. The van der Waals surface area contributed by atoms with Crippen LogP contribution in [0.1, 0.15) is 33.5 Å². The number of halogens is 3. The van der Waals surface area contributed by atoms with E-state index in [0.29, 0.717) is 24.2 Å². The van der Waals surface area contributed by atoms with Gasteiger partial charge in [-0.2, -0.15) is 13.2 Å². The van der Waals surface area contributed by atoms with E-state index in [1.54, 1.807) is 42.5 Å². The fraction of sp³-hybridized carbons (Fsp3) is 0.314. The van der Waals surface area contributed by atoms with Gasteiger partial charge in [0.2, 0.25) is 10.0 Å². The highest BCUT2D eigenvalue weighted by Crippen LogP contribution is 2.30. The van der Waals surface area contributed by atoms with Crippen LogP contribution in [0.15, 0.2) is 92.0 Å². The lowest BCUT2D eigenvalue weighted by Gasteiger charge is -2.27. The van der Waals surface area contributed by atoms with E-state index >= 15 is 0 Å². The number of aliphatic hydroxyl groups is 1. The molecular weight excluding hydrogens is 663 g/mol. The largest absolute Gasteiger partial charge is 0.491 e. The predicted octanol–water partition coefficient (Wildman–Crippen LogP) is 5.14. The number of carbonyl (C=O) groups excluding carboxylic acids is 2. The van der Waals surface area contributed by atoms with E-state index < -0.39 is 51.8 Å². The van der Waals surface area contributed by atoms with Crippen molar-refractivity contribution in [2.75, 3.05) is 36.6 Å². The number of sulfonamides is 1. The van der Waals surface area contributed by atoms with Crippen LogP contribution < -0.4 is 19.7 Å². The molecule has 0 aliphatic carbocycles. The summed E-state index contributed by atoms with van der Waals surface area (Å²) in [5.41, 5.74) is 1.05. The standard InChI is InChI=1S/C35H40F3N3O7S/c1-6-9-23-11-8-12-29(19-23)48-22-30(40-33(43)25-17-24(10-7-2)18-28(20-25)41(3)49(5,45)46)31(42)21-32(47-4)34(44)39-27-15-13-26(14-16-27)35(36,37)38/h6-8,11-20,30-32,42H,1-2,9-10,21-22H2,3-5H3,(H,39,44)(H,40,43)/t30-,31-,32+/m0/s1. The average Bonchev–Trinajstić information content (AvgIpc) is 3.04. The number of ether oxygens (including phenoxy) is 2. The number of methoxy groups -OCH3 is 1. The lowest BCUT2D eigenvalue weighted by atomic mass is 10.0. The fourth-order valence-electron chi connectivity index (χ4n) is 4.74. The molecule has 0 bridgehead atoms. The van der Waals surface area contributed by atoms with Gasteiger partial charge in [0, 0.05) is 31.8 Å². The van der Waals surface area contributed by atoms with Gasteiger partial charge in [-0.15, -0.1) is 13.2 Å². The third kappa shape index (κ3) is 11.5. The van der Waals surface area contributed by atoms with Gasteiger partial charge in [-0.25, -0.2) is 8.42 Å². The molecule has 264 valence electrons. The minimum absolute atomic E-state index is 0.0800. The van der Waals surface area contributed by atoms with Crippen LogP contribution in [0.2, 0.25) is 0 Å². The highest BCUT2D eigenvalue weighted by Gasteiger charge is 2.31. The number of aliphatic hydroxyl groups excluding tert-OH is 1. The molecule has 0 fully saturated rings. The fourth-order valence-corrected chi connectivity index (χ4v) is 5.23. The smallest absolute Gasteiger partial charge is 0.416 e. The predicted molar refractivity (Wildman–Crippen MR) is 182 cm³/mol. The Labute approximate surface area is 284 Å². The Morgan fingerprint density at radius 2 is 1.65 bits per heavy atom. The molecule has 2 amide bonds. The van der Waals surface area contributed by atoms with E-state index in [2.05, 4.69) is 23.8 Å². The van der Waals surface area contributed by atoms with Gasteiger partial charge in [0.1, 0.15) is 18.5 Å². The number of hydrogen-bond acceptors (Lipinski definition) is 7. The third-order valence-corrected chi connectivity index (χ3v) is 8.69. The lowest BCUT2D eigenvalue weighted by Crippen LogP contribution is -2.49. The number of anilines is 2. The molecule has 3 N–H and O–H groups in total. The van der Waals surface area contributed by atoms with Gasteiger partial charge in [0.05, 0.1) is 29.7 Å². The van der Waals surface area contributed by atoms with Gasteiger partial charge in [-0.1, -0.05) is 24.3 Å². The van der Waals surface area contributed by atoms with Crippen LogP contribution in [-0.4, -0.2) is 70.6 Å². The zero-order valence-corrected chi connectivity index (χ0v) is 28.2. The Morgan fingerprint density at radius 1 is 1.00 bits per heavy atom. The lowest BCUT2D eigenvalue weighted by molar-refractivity contribution is -0.137. The normalized spacial score (nSPS) is 13.4. The van der Waals surface area contributed by atoms with Gasteiger partial charge < -0.3 is 25.2 Å². The first-order valence-corrected chi connectivity index (χ1v) is 16.9. The molecule has 14 heteroatoms. The second-order valence-electron chi connectivity index (χ2n) is 11.2. The maximum atomic E-state index is 13.6. The van der Waals surface area contributed by atoms with Crippen LogP contribution in [-0.2, 0) is 38.6 Å². The van der Waals surface area contributed by atoms with Crippen molar-refractivity contribution in [2.24, 2.45) is 0 Å². The molecule has 0 aliphatic rings. The van der Waals surface area contributed by atoms with Gasteiger partial charge in [0.25, 0.3) is 11.8 Å². The molecule has 0 saturated carbocycles. The topological polar surface area (TPSA) is 134 Å². The highest BCUT2D eigenvalue weighted by atomic mass is 32.2. The van der Waals surface area contributed by atoms with Crippen LogP contribution >= 0.6 is 0 Å². The summed E-state index contributed by atoms with van der Waals surface area (Å²) < 4.78 is 75.7. The zero-order chi connectivity index (χ0) is 36.4. The zero-order valence-electron chi connectivity index (χ0n) is 27.4. The summed E-state index contributed by atoms with van der Waals surface area (Å²) in [5, 5.41) is 16.6. The van der Waals surface area contributed by atoms with Crippen molar-refractivity contribution in [3.8, 4) is 5.75 Å².